The second kappa shape index (κ2) is 3.24. The second-order valence-corrected chi connectivity index (χ2v) is 4.32. The highest BCUT2D eigenvalue weighted by Crippen LogP contribution is 2.39. The first-order valence-corrected chi connectivity index (χ1v) is 5.00. The van der Waals surface area contributed by atoms with E-state index in [1.807, 2.05) is 24.4 Å². The molecule has 1 N–H and O–H groups in total. The number of halogens is 1. The molecular weight excluding hydrogens is 230 g/mol. The first-order valence-electron chi connectivity index (χ1n) is 4.21. The standard InChI is InChI=1S/C10H10BrNO/c11-10-5-2-1-3-9(10)12-7-8(10)4-6-13/h1-3,5,7,13H,4,6H2. The molecule has 0 saturated carbocycles. The van der Waals surface area contributed by atoms with Crippen LogP contribution in [0.4, 0.5) is 0 Å². The highest BCUT2D eigenvalue weighted by molar-refractivity contribution is 9.10. The van der Waals surface area contributed by atoms with Crippen molar-refractivity contribution in [2.75, 3.05) is 6.61 Å². The lowest BCUT2D eigenvalue weighted by Gasteiger charge is -2.24. The third-order valence-electron chi connectivity index (χ3n) is 2.27. The maximum atomic E-state index is 8.88. The Bertz CT molecular complexity index is 341. The number of fused-ring (bicyclic) bond motifs is 1. The first kappa shape index (κ1) is 8.91. The Morgan fingerprint density at radius 1 is 1.46 bits per heavy atom. The fourth-order valence-electron chi connectivity index (χ4n) is 1.56. The third-order valence-corrected chi connectivity index (χ3v) is 3.45. The number of hydrogen-bond donors (Lipinski definition) is 1. The summed E-state index contributed by atoms with van der Waals surface area (Å²) >= 11 is 3.64. The van der Waals surface area contributed by atoms with Crippen LogP contribution in [0.5, 0.6) is 0 Å². The third kappa shape index (κ3) is 1.32. The lowest BCUT2D eigenvalue weighted by molar-refractivity contribution is 0.298. The Morgan fingerprint density at radius 2 is 2.31 bits per heavy atom. The second-order valence-electron chi connectivity index (χ2n) is 3.07. The van der Waals surface area contributed by atoms with Crippen molar-refractivity contribution in [3.63, 3.8) is 0 Å². The van der Waals surface area contributed by atoms with Crippen molar-refractivity contribution >= 4 is 21.6 Å². The summed E-state index contributed by atoms with van der Waals surface area (Å²) in [6.45, 7) is 0.166. The van der Waals surface area contributed by atoms with E-state index in [0.717, 1.165) is 11.3 Å². The van der Waals surface area contributed by atoms with Crippen LogP contribution in [0, 0.1) is 0 Å². The van der Waals surface area contributed by atoms with Crippen LogP contribution in [0.3, 0.4) is 0 Å². The Hall–Kier alpha value is -0.670. The fraction of sp³-hybridized carbons (Fsp3) is 0.300. The van der Waals surface area contributed by atoms with Gasteiger partial charge in [-0.15, -0.1) is 0 Å². The maximum Gasteiger partial charge on any atom is 0.109 e. The van der Waals surface area contributed by atoms with Gasteiger partial charge in [0, 0.05) is 12.8 Å². The normalized spacial score (nSPS) is 30.0. The fourth-order valence-corrected chi connectivity index (χ4v) is 2.25. The lowest BCUT2D eigenvalue weighted by Crippen LogP contribution is -2.29. The molecule has 1 aliphatic carbocycles. The predicted octanol–water partition coefficient (Wildman–Crippen LogP) is 1.97. The summed E-state index contributed by atoms with van der Waals surface area (Å²) in [6.07, 6.45) is 10.5. The largest absolute Gasteiger partial charge is 0.396 e. The number of nitrogens with zero attached hydrogens (tertiary/aromatic N) is 1. The van der Waals surface area contributed by atoms with Gasteiger partial charge in [-0.2, -0.15) is 0 Å². The molecule has 0 bridgehead atoms. The molecule has 13 heavy (non-hydrogen) atoms. The van der Waals surface area contributed by atoms with Gasteiger partial charge in [0.15, 0.2) is 0 Å². The van der Waals surface area contributed by atoms with Crippen molar-refractivity contribution in [1.29, 1.82) is 0 Å². The molecule has 0 fully saturated rings. The minimum Gasteiger partial charge on any atom is -0.396 e. The van der Waals surface area contributed by atoms with Crippen LogP contribution in [0.2, 0.25) is 0 Å². The van der Waals surface area contributed by atoms with Crippen LogP contribution >= 0.6 is 15.9 Å². The van der Waals surface area contributed by atoms with Crippen LogP contribution in [0.1, 0.15) is 6.42 Å². The quantitative estimate of drug-likeness (QED) is 0.735. The molecule has 2 rings (SSSR count). The number of aliphatic hydroxyl groups excluding tert-OH is 1. The van der Waals surface area contributed by atoms with E-state index in [0.29, 0.717) is 6.42 Å². The van der Waals surface area contributed by atoms with Crippen molar-refractivity contribution in [3.8, 4) is 0 Å². The maximum absolute atomic E-state index is 8.88. The van der Waals surface area contributed by atoms with Gasteiger partial charge in [0.1, 0.15) is 4.32 Å². The minimum absolute atomic E-state index is 0.166. The van der Waals surface area contributed by atoms with E-state index in [4.69, 9.17) is 5.11 Å². The summed E-state index contributed by atoms with van der Waals surface area (Å²) in [4.78, 5) is 4.29. The van der Waals surface area contributed by atoms with Gasteiger partial charge in [-0.3, -0.25) is 4.99 Å². The monoisotopic (exact) mass is 239 g/mol. The minimum atomic E-state index is -0.246. The molecule has 0 aromatic carbocycles. The highest BCUT2D eigenvalue weighted by Gasteiger charge is 2.36. The Labute approximate surface area is 85.5 Å². The van der Waals surface area contributed by atoms with Crippen LogP contribution in [0.25, 0.3) is 0 Å². The first-order chi connectivity index (χ1) is 6.27. The van der Waals surface area contributed by atoms with E-state index in [2.05, 4.69) is 27.0 Å². The topological polar surface area (TPSA) is 32.6 Å². The van der Waals surface area contributed by atoms with E-state index in [1.165, 1.54) is 0 Å². The van der Waals surface area contributed by atoms with Gasteiger partial charge < -0.3 is 5.11 Å². The van der Waals surface area contributed by atoms with Crippen LogP contribution in [-0.2, 0) is 0 Å². The smallest absolute Gasteiger partial charge is 0.109 e. The van der Waals surface area contributed by atoms with Gasteiger partial charge in [-0.05, 0) is 18.1 Å². The summed E-state index contributed by atoms with van der Waals surface area (Å²) in [7, 11) is 0. The lowest BCUT2D eigenvalue weighted by atomic mass is 9.91. The van der Waals surface area contributed by atoms with E-state index < -0.39 is 0 Å². The molecule has 0 spiro atoms. The molecule has 0 amide bonds. The summed E-state index contributed by atoms with van der Waals surface area (Å²) in [5.74, 6) is 0. The molecular formula is C10H10BrNO. The Kier molecular flexibility index (Phi) is 2.22. The molecule has 0 aromatic heterocycles. The summed E-state index contributed by atoms with van der Waals surface area (Å²) < 4.78 is -0.246. The van der Waals surface area contributed by atoms with E-state index in [9.17, 15) is 0 Å². The number of aliphatic imine (C=N–C) groups is 1. The zero-order valence-corrected chi connectivity index (χ0v) is 8.66. The zero-order chi connectivity index (χ0) is 9.31. The SMILES string of the molecule is OCCC1=CN=C2C=CC=CC12Br. The molecule has 68 valence electrons. The molecule has 0 radical (unpaired) electrons. The van der Waals surface area contributed by atoms with Gasteiger partial charge in [0.25, 0.3) is 0 Å². The number of rotatable bonds is 2. The molecule has 0 saturated heterocycles. The van der Waals surface area contributed by atoms with Gasteiger partial charge in [0.2, 0.25) is 0 Å². The van der Waals surface area contributed by atoms with Crippen LogP contribution in [0.15, 0.2) is 41.1 Å². The number of alkyl halides is 1. The molecule has 0 aromatic rings. The van der Waals surface area contributed by atoms with Crippen molar-refractivity contribution < 1.29 is 5.11 Å². The number of allylic oxidation sites excluding steroid dienone is 4. The summed E-state index contributed by atoms with van der Waals surface area (Å²) in [6, 6.07) is 0. The molecule has 1 atom stereocenters. The van der Waals surface area contributed by atoms with E-state index in [1.54, 1.807) is 0 Å². The predicted molar refractivity (Wildman–Crippen MR) is 57.2 cm³/mol. The van der Waals surface area contributed by atoms with Gasteiger partial charge in [-0.25, -0.2) is 0 Å². The summed E-state index contributed by atoms with van der Waals surface area (Å²) in [5, 5.41) is 8.88. The molecule has 3 heteroatoms. The average molecular weight is 240 g/mol. The Morgan fingerprint density at radius 3 is 3.08 bits per heavy atom. The summed E-state index contributed by atoms with van der Waals surface area (Å²) in [5.41, 5.74) is 2.11. The molecule has 1 heterocycles. The zero-order valence-electron chi connectivity index (χ0n) is 7.07. The van der Waals surface area contributed by atoms with Crippen molar-refractivity contribution in [3.05, 3.63) is 36.1 Å². The van der Waals surface area contributed by atoms with Crippen LogP contribution in [-0.4, -0.2) is 21.7 Å². The van der Waals surface area contributed by atoms with Gasteiger partial charge in [-0.1, -0.05) is 34.2 Å². The van der Waals surface area contributed by atoms with Gasteiger partial charge >= 0.3 is 0 Å². The van der Waals surface area contributed by atoms with Crippen molar-refractivity contribution in [2.45, 2.75) is 10.7 Å². The van der Waals surface area contributed by atoms with Gasteiger partial charge in [0.05, 0.1) is 5.71 Å². The number of aliphatic hydroxyl groups is 1. The number of hydrogen-bond acceptors (Lipinski definition) is 2. The molecule has 1 aliphatic heterocycles. The molecule has 2 nitrogen and oxygen atoms in total. The molecule has 1 unspecified atom stereocenters. The molecule has 2 aliphatic rings. The van der Waals surface area contributed by atoms with Crippen molar-refractivity contribution in [1.82, 2.24) is 0 Å². The average Bonchev–Trinajstić information content (AvgIpc) is 2.45. The highest BCUT2D eigenvalue weighted by atomic mass is 79.9. The van der Waals surface area contributed by atoms with E-state index in [-0.39, 0.29) is 10.9 Å². The van der Waals surface area contributed by atoms with E-state index >= 15 is 0 Å². The van der Waals surface area contributed by atoms with Crippen molar-refractivity contribution in [2.24, 2.45) is 4.99 Å². The Balaban J connectivity index is 2.31. The van der Waals surface area contributed by atoms with Crippen LogP contribution < -0.4 is 0 Å².